The topological polar surface area (TPSA) is 70.9 Å². The van der Waals surface area contributed by atoms with Gasteiger partial charge in [0.2, 0.25) is 5.91 Å². The SMILES string of the molecule is O=C(/C=C/c1ccco1)Nc1n[nH]c(C(F)(F)F)c1-c1ccccc1. The fourth-order valence-electron chi connectivity index (χ4n) is 2.23. The van der Waals surface area contributed by atoms with Crippen LogP contribution in [0.1, 0.15) is 11.5 Å². The van der Waals surface area contributed by atoms with Crippen LogP contribution in [0.3, 0.4) is 0 Å². The number of alkyl halides is 3. The minimum absolute atomic E-state index is 0.201. The Labute approximate surface area is 140 Å². The number of halogens is 3. The van der Waals surface area contributed by atoms with E-state index in [1.54, 1.807) is 30.3 Å². The van der Waals surface area contributed by atoms with Crippen LogP contribution in [0.4, 0.5) is 19.0 Å². The quantitative estimate of drug-likeness (QED) is 0.690. The summed E-state index contributed by atoms with van der Waals surface area (Å²) in [5, 5.41) is 7.92. The van der Waals surface area contributed by atoms with Crippen LogP contribution < -0.4 is 5.32 Å². The Bertz CT molecular complexity index is 882. The molecule has 0 atom stereocenters. The fourth-order valence-corrected chi connectivity index (χ4v) is 2.23. The van der Waals surface area contributed by atoms with Crippen molar-refractivity contribution in [3.63, 3.8) is 0 Å². The highest BCUT2D eigenvalue weighted by molar-refractivity contribution is 6.03. The van der Waals surface area contributed by atoms with Gasteiger partial charge in [-0.2, -0.15) is 18.3 Å². The van der Waals surface area contributed by atoms with Crippen molar-refractivity contribution in [2.75, 3.05) is 5.32 Å². The zero-order valence-electron chi connectivity index (χ0n) is 12.7. The molecule has 0 aliphatic rings. The molecule has 1 aromatic carbocycles. The monoisotopic (exact) mass is 347 g/mol. The van der Waals surface area contributed by atoms with Crippen molar-refractivity contribution >= 4 is 17.8 Å². The Morgan fingerprint density at radius 3 is 2.56 bits per heavy atom. The molecule has 0 bridgehead atoms. The number of benzene rings is 1. The second kappa shape index (κ2) is 6.68. The lowest BCUT2D eigenvalue weighted by atomic mass is 10.1. The van der Waals surface area contributed by atoms with Gasteiger partial charge in [0.05, 0.1) is 11.8 Å². The van der Waals surface area contributed by atoms with Crippen LogP contribution in [0.25, 0.3) is 17.2 Å². The summed E-state index contributed by atoms with van der Waals surface area (Å²) in [6, 6.07) is 11.2. The summed E-state index contributed by atoms with van der Waals surface area (Å²) in [6.45, 7) is 0. The molecule has 2 aromatic heterocycles. The van der Waals surface area contributed by atoms with E-state index in [-0.39, 0.29) is 16.9 Å². The van der Waals surface area contributed by atoms with E-state index < -0.39 is 17.8 Å². The zero-order chi connectivity index (χ0) is 17.9. The van der Waals surface area contributed by atoms with Gasteiger partial charge in [-0.3, -0.25) is 9.89 Å². The Morgan fingerprint density at radius 2 is 1.92 bits per heavy atom. The molecule has 0 saturated heterocycles. The molecular formula is C17H12F3N3O2. The third-order valence-corrected chi connectivity index (χ3v) is 3.30. The number of hydrogen-bond donors (Lipinski definition) is 2. The number of anilines is 1. The number of aromatic amines is 1. The number of hydrogen-bond acceptors (Lipinski definition) is 3. The number of nitrogens with zero attached hydrogens (tertiary/aromatic N) is 1. The average molecular weight is 347 g/mol. The second-order valence-corrected chi connectivity index (χ2v) is 5.02. The second-order valence-electron chi connectivity index (χ2n) is 5.02. The molecule has 3 rings (SSSR count). The van der Waals surface area contributed by atoms with Crippen LogP contribution in [-0.2, 0) is 11.0 Å². The Kier molecular flexibility index (Phi) is 4.42. The minimum Gasteiger partial charge on any atom is -0.465 e. The molecular weight excluding hydrogens is 335 g/mol. The molecule has 8 heteroatoms. The van der Waals surface area contributed by atoms with Crippen molar-refractivity contribution in [2.24, 2.45) is 0 Å². The fraction of sp³-hybridized carbons (Fsp3) is 0.0588. The van der Waals surface area contributed by atoms with E-state index in [1.165, 1.54) is 24.5 Å². The molecule has 128 valence electrons. The van der Waals surface area contributed by atoms with Crippen LogP contribution in [0, 0.1) is 0 Å². The number of carbonyl (C=O) groups is 1. The number of aromatic nitrogens is 2. The number of amides is 1. The van der Waals surface area contributed by atoms with E-state index in [0.29, 0.717) is 5.76 Å². The van der Waals surface area contributed by atoms with Crippen LogP contribution in [0.2, 0.25) is 0 Å². The maximum Gasteiger partial charge on any atom is 0.433 e. The molecule has 25 heavy (non-hydrogen) atoms. The van der Waals surface area contributed by atoms with Crippen molar-refractivity contribution in [2.45, 2.75) is 6.18 Å². The first-order chi connectivity index (χ1) is 11.9. The minimum atomic E-state index is -4.63. The van der Waals surface area contributed by atoms with Gasteiger partial charge >= 0.3 is 6.18 Å². The summed E-state index contributed by atoms with van der Waals surface area (Å²) >= 11 is 0. The Morgan fingerprint density at radius 1 is 1.16 bits per heavy atom. The van der Waals surface area contributed by atoms with Gasteiger partial charge in [-0.05, 0) is 23.8 Å². The van der Waals surface area contributed by atoms with E-state index in [2.05, 4.69) is 10.4 Å². The first-order valence-corrected chi connectivity index (χ1v) is 7.18. The Hall–Kier alpha value is -3.29. The van der Waals surface area contributed by atoms with Gasteiger partial charge in [0.15, 0.2) is 5.82 Å². The predicted octanol–water partition coefficient (Wildman–Crippen LogP) is 4.34. The molecule has 5 nitrogen and oxygen atoms in total. The summed E-state index contributed by atoms with van der Waals surface area (Å²) in [5.74, 6) is -0.391. The van der Waals surface area contributed by atoms with Crippen LogP contribution in [-0.4, -0.2) is 16.1 Å². The molecule has 0 aliphatic carbocycles. The molecule has 0 saturated carbocycles. The number of rotatable bonds is 4. The smallest absolute Gasteiger partial charge is 0.433 e. The molecule has 1 amide bonds. The lowest BCUT2D eigenvalue weighted by molar-refractivity contribution is -0.140. The summed E-state index contributed by atoms with van der Waals surface area (Å²) in [5.41, 5.74) is -0.953. The maximum absolute atomic E-state index is 13.2. The van der Waals surface area contributed by atoms with Crippen molar-refractivity contribution in [3.8, 4) is 11.1 Å². The number of carbonyl (C=O) groups excluding carboxylic acids is 1. The maximum atomic E-state index is 13.2. The molecule has 0 fully saturated rings. The molecule has 0 spiro atoms. The Balaban J connectivity index is 1.91. The molecule has 0 radical (unpaired) electrons. The highest BCUT2D eigenvalue weighted by Gasteiger charge is 2.38. The van der Waals surface area contributed by atoms with Gasteiger partial charge < -0.3 is 9.73 Å². The van der Waals surface area contributed by atoms with E-state index >= 15 is 0 Å². The lowest BCUT2D eigenvalue weighted by Gasteiger charge is -2.09. The van der Waals surface area contributed by atoms with Crippen molar-refractivity contribution in [1.29, 1.82) is 0 Å². The molecule has 0 aliphatic heterocycles. The van der Waals surface area contributed by atoms with E-state index in [1.807, 2.05) is 5.10 Å². The van der Waals surface area contributed by atoms with Crippen molar-refractivity contribution in [1.82, 2.24) is 10.2 Å². The highest BCUT2D eigenvalue weighted by Crippen LogP contribution is 2.39. The van der Waals surface area contributed by atoms with Gasteiger partial charge in [-0.1, -0.05) is 30.3 Å². The van der Waals surface area contributed by atoms with Gasteiger partial charge in [-0.25, -0.2) is 0 Å². The number of H-pyrrole nitrogens is 1. The molecule has 0 unspecified atom stereocenters. The van der Waals surface area contributed by atoms with Crippen molar-refractivity contribution < 1.29 is 22.4 Å². The first kappa shape index (κ1) is 16.6. The van der Waals surface area contributed by atoms with Gasteiger partial charge in [-0.15, -0.1) is 0 Å². The largest absolute Gasteiger partial charge is 0.465 e. The van der Waals surface area contributed by atoms with Crippen LogP contribution in [0.15, 0.2) is 59.2 Å². The average Bonchev–Trinajstić information content (AvgIpc) is 3.23. The third-order valence-electron chi connectivity index (χ3n) is 3.30. The van der Waals surface area contributed by atoms with E-state index in [9.17, 15) is 18.0 Å². The normalized spacial score (nSPS) is 11.8. The zero-order valence-corrected chi connectivity index (χ0v) is 12.7. The predicted molar refractivity (Wildman–Crippen MR) is 85.4 cm³/mol. The lowest BCUT2D eigenvalue weighted by Crippen LogP contribution is -2.10. The standard InChI is InChI=1S/C17H12F3N3O2/c18-17(19,20)15-14(11-5-2-1-3-6-11)16(23-22-15)21-13(24)9-8-12-7-4-10-25-12/h1-10H,(H2,21,22,23,24)/b9-8+. The van der Waals surface area contributed by atoms with E-state index in [4.69, 9.17) is 4.42 Å². The summed E-state index contributed by atoms with van der Waals surface area (Å²) in [4.78, 5) is 12.0. The van der Waals surface area contributed by atoms with Gasteiger partial charge in [0, 0.05) is 6.08 Å². The summed E-state index contributed by atoms with van der Waals surface area (Å²) in [6.07, 6.45) is -0.649. The van der Waals surface area contributed by atoms with Crippen LogP contribution >= 0.6 is 0 Å². The number of nitrogens with one attached hydrogen (secondary N) is 2. The molecule has 3 aromatic rings. The first-order valence-electron chi connectivity index (χ1n) is 7.18. The molecule has 2 heterocycles. The summed E-state index contributed by atoms with van der Waals surface area (Å²) in [7, 11) is 0. The third kappa shape index (κ3) is 3.79. The van der Waals surface area contributed by atoms with Gasteiger partial charge in [0.1, 0.15) is 11.5 Å². The molecule has 2 N–H and O–H groups in total. The van der Waals surface area contributed by atoms with Gasteiger partial charge in [0.25, 0.3) is 0 Å². The summed E-state index contributed by atoms with van der Waals surface area (Å²) < 4.78 is 44.7. The van der Waals surface area contributed by atoms with E-state index in [0.717, 1.165) is 6.08 Å². The van der Waals surface area contributed by atoms with Crippen LogP contribution in [0.5, 0.6) is 0 Å². The number of furan rings is 1. The highest BCUT2D eigenvalue weighted by atomic mass is 19.4. The van der Waals surface area contributed by atoms with Crippen molar-refractivity contribution in [3.05, 3.63) is 66.3 Å².